The summed E-state index contributed by atoms with van der Waals surface area (Å²) in [6.45, 7) is 4.80. The van der Waals surface area contributed by atoms with Gasteiger partial charge in [-0.25, -0.2) is 13.4 Å². The molecule has 1 saturated heterocycles. The molecule has 2 aromatic heterocycles. The second kappa shape index (κ2) is 8.64. The van der Waals surface area contributed by atoms with Gasteiger partial charge < -0.3 is 10.3 Å². The van der Waals surface area contributed by atoms with E-state index in [2.05, 4.69) is 20.4 Å². The number of piperidine rings is 1. The number of carbonyl (C=O) groups is 1. The average molecular weight is 443 g/mol. The molecule has 0 saturated carbocycles. The molecular formula is C21H26N6O3S. The number of hydrogen-bond acceptors (Lipinski definition) is 5. The van der Waals surface area contributed by atoms with Crippen LogP contribution < -0.4 is 5.32 Å². The molecule has 1 aliphatic heterocycles. The first-order valence-electron chi connectivity index (χ1n) is 10.3. The molecule has 0 unspecified atom stereocenters. The van der Waals surface area contributed by atoms with Crippen LogP contribution in [0.4, 0.5) is 5.69 Å². The highest BCUT2D eigenvalue weighted by Gasteiger charge is 2.31. The van der Waals surface area contributed by atoms with Crippen LogP contribution in [0.1, 0.15) is 55.0 Å². The number of anilines is 1. The van der Waals surface area contributed by atoms with Gasteiger partial charge in [-0.1, -0.05) is 6.07 Å². The summed E-state index contributed by atoms with van der Waals surface area (Å²) in [6, 6.07) is 8.12. The van der Waals surface area contributed by atoms with Crippen LogP contribution in [0.5, 0.6) is 0 Å². The van der Waals surface area contributed by atoms with Gasteiger partial charge in [0.2, 0.25) is 10.0 Å². The highest BCUT2D eigenvalue weighted by Crippen LogP contribution is 2.29. The second-order valence-corrected chi connectivity index (χ2v) is 9.85. The van der Waals surface area contributed by atoms with Crippen molar-refractivity contribution in [2.45, 2.75) is 43.5 Å². The number of sulfonamides is 1. The molecule has 3 aromatic rings. The summed E-state index contributed by atoms with van der Waals surface area (Å²) in [4.78, 5) is 20.1. The molecule has 0 spiro atoms. The third kappa shape index (κ3) is 4.54. The lowest BCUT2D eigenvalue weighted by Gasteiger charge is -2.30. The molecule has 1 fully saturated rings. The predicted molar refractivity (Wildman–Crippen MR) is 116 cm³/mol. The van der Waals surface area contributed by atoms with E-state index in [1.165, 1.54) is 10.4 Å². The summed E-state index contributed by atoms with van der Waals surface area (Å²) in [7, 11) is -3.65. The van der Waals surface area contributed by atoms with Crippen LogP contribution in [-0.4, -0.2) is 51.5 Å². The van der Waals surface area contributed by atoms with Gasteiger partial charge in [0.05, 0.1) is 4.90 Å². The van der Waals surface area contributed by atoms with Gasteiger partial charge in [-0.3, -0.25) is 9.48 Å². The number of aromatic amines is 1. The van der Waals surface area contributed by atoms with Crippen LogP contribution in [0.3, 0.4) is 0 Å². The number of H-pyrrole nitrogens is 1. The molecule has 1 aromatic carbocycles. The van der Waals surface area contributed by atoms with Gasteiger partial charge in [-0.05, 0) is 51.0 Å². The van der Waals surface area contributed by atoms with Gasteiger partial charge in [0.25, 0.3) is 5.91 Å². The Morgan fingerprint density at radius 2 is 2.00 bits per heavy atom. The molecule has 0 aliphatic carbocycles. The monoisotopic (exact) mass is 442 g/mol. The van der Waals surface area contributed by atoms with Crippen LogP contribution in [-0.2, 0) is 10.0 Å². The molecule has 10 heteroatoms. The van der Waals surface area contributed by atoms with Crippen LogP contribution >= 0.6 is 0 Å². The third-order valence-electron chi connectivity index (χ3n) is 5.46. The quantitative estimate of drug-likeness (QED) is 0.609. The van der Waals surface area contributed by atoms with E-state index in [4.69, 9.17) is 0 Å². The smallest absolute Gasteiger partial charge is 0.276 e. The van der Waals surface area contributed by atoms with Gasteiger partial charge in [0.1, 0.15) is 5.82 Å². The number of carbonyl (C=O) groups excluding carboxylic acids is 1. The molecular weight excluding hydrogens is 416 g/mol. The standard InChI is InChI=1S/C21H26N6O3S/c1-15(2)27-13-8-19(25-27)21(28)24-17-4-3-5-18(14-17)31(29,30)26-11-6-16(7-12-26)20-22-9-10-23-20/h3-5,8-10,13-16H,6-7,11-12H2,1-2H3,(H,22,23)(H,24,28). The number of imidazole rings is 1. The van der Waals surface area contributed by atoms with E-state index in [9.17, 15) is 13.2 Å². The summed E-state index contributed by atoms with van der Waals surface area (Å²) >= 11 is 0. The van der Waals surface area contributed by atoms with Crippen molar-refractivity contribution >= 4 is 21.6 Å². The molecule has 4 rings (SSSR count). The molecule has 3 heterocycles. The van der Waals surface area contributed by atoms with E-state index in [1.807, 2.05) is 13.8 Å². The van der Waals surface area contributed by atoms with Gasteiger partial charge in [0, 0.05) is 49.3 Å². The molecule has 0 atom stereocenters. The molecule has 0 bridgehead atoms. The maximum Gasteiger partial charge on any atom is 0.276 e. The largest absolute Gasteiger partial charge is 0.348 e. The lowest BCUT2D eigenvalue weighted by Crippen LogP contribution is -2.38. The topological polar surface area (TPSA) is 113 Å². The number of benzene rings is 1. The summed E-state index contributed by atoms with van der Waals surface area (Å²) < 4.78 is 29.5. The van der Waals surface area contributed by atoms with Crippen LogP contribution in [0, 0.1) is 0 Å². The lowest BCUT2D eigenvalue weighted by molar-refractivity contribution is 0.102. The van der Waals surface area contributed by atoms with Crippen molar-refractivity contribution in [1.82, 2.24) is 24.1 Å². The second-order valence-electron chi connectivity index (χ2n) is 7.91. The predicted octanol–water partition coefficient (Wildman–Crippen LogP) is 3.01. The molecule has 0 radical (unpaired) electrons. The zero-order chi connectivity index (χ0) is 22.0. The molecule has 1 aliphatic rings. The van der Waals surface area contributed by atoms with Crippen molar-refractivity contribution in [1.29, 1.82) is 0 Å². The van der Waals surface area contributed by atoms with Gasteiger partial charge in [-0.15, -0.1) is 0 Å². The number of nitrogens with zero attached hydrogens (tertiary/aromatic N) is 4. The highest BCUT2D eigenvalue weighted by atomic mass is 32.2. The highest BCUT2D eigenvalue weighted by molar-refractivity contribution is 7.89. The van der Waals surface area contributed by atoms with Gasteiger partial charge in [0.15, 0.2) is 5.69 Å². The molecule has 164 valence electrons. The van der Waals surface area contributed by atoms with Gasteiger partial charge >= 0.3 is 0 Å². The first-order valence-corrected chi connectivity index (χ1v) is 11.7. The van der Waals surface area contributed by atoms with Crippen molar-refractivity contribution in [2.75, 3.05) is 18.4 Å². The zero-order valence-electron chi connectivity index (χ0n) is 17.5. The van der Waals surface area contributed by atoms with Crippen LogP contribution in [0.25, 0.3) is 0 Å². The maximum absolute atomic E-state index is 13.1. The van der Waals surface area contributed by atoms with E-state index in [1.54, 1.807) is 47.5 Å². The third-order valence-corrected chi connectivity index (χ3v) is 7.35. The van der Waals surface area contributed by atoms with Crippen molar-refractivity contribution in [3.8, 4) is 0 Å². The van der Waals surface area contributed by atoms with E-state index in [0.717, 1.165) is 5.82 Å². The Morgan fingerprint density at radius 3 is 2.65 bits per heavy atom. The summed E-state index contributed by atoms with van der Waals surface area (Å²) in [5.41, 5.74) is 0.692. The summed E-state index contributed by atoms with van der Waals surface area (Å²) in [6.07, 6.45) is 6.66. The minimum Gasteiger partial charge on any atom is -0.348 e. The van der Waals surface area contributed by atoms with Crippen molar-refractivity contribution in [3.63, 3.8) is 0 Å². The minimum atomic E-state index is -3.65. The Kier molecular flexibility index (Phi) is 5.92. The normalized spacial score (nSPS) is 16.0. The molecule has 9 nitrogen and oxygen atoms in total. The number of aromatic nitrogens is 4. The number of nitrogens with one attached hydrogen (secondary N) is 2. The fourth-order valence-electron chi connectivity index (χ4n) is 3.70. The van der Waals surface area contributed by atoms with E-state index >= 15 is 0 Å². The van der Waals surface area contributed by atoms with E-state index in [-0.39, 0.29) is 28.5 Å². The Bertz CT molecular complexity index is 1150. The first-order chi connectivity index (χ1) is 14.8. The average Bonchev–Trinajstić information content (AvgIpc) is 3.46. The summed E-state index contributed by atoms with van der Waals surface area (Å²) in [5.74, 6) is 0.757. The first kappa shape index (κ1) is 21.3. The van der Waals surface area contributed by atoms with Crippen molar-refractivity contribution in [2.24, 2.45) is 0 Å². The fourth-order valence-corrected chi connectivity index (χ4v) is 5.21. The summed E-state index contributed by atoms with van der Waals surface area (Å²) in [5, 5.41) is 6.99. The maximum atomic E-state index is 13.1. The SMILES string of the molecule is CC(C)n1ccc(C(=O)Nc2cccc(S(=O)(=O)N3CCC(c4ncc[nH]4)CC3)c2)n1. The number of rotatable bonds is 6. The van der Waals surface area contributed by atoms with Crippen LogP contribution in [0.15, 0.2) is 53.8 Å². The van der Waals surface area contributed by atoms with Crippen LogP contribution in [0.2, 0.25) is 0 Å². The molecule has 2 N–H and O–H groups in total. The number of hydrogen-bond donors (Lipinski definition) is 2. The number of amides is 1. The van der Waals surface area contributed by atoms with E-state index in [0.29, 0.717) is 31.6 Å². The Balaban J connectivity index is 1.45. The minimum absolute atomic E-state index is 0.145. The van der Waals surface area contributed by atoms with Crippen molar-refractivity contribution in [3.05, 3.63) is 60.4 Å². The zero-order valence-corrected chi connectivity index (χ0v) is 18.3. The molecule has 31 heavy (non-hydrogen) atoms. The molecule has 1 amide bonds. The Labute approximate surface area is 181 Å². The fraction of sp³-hybridized carbons (Fsp3) is 0.381. The van der Waals surface area contributed by atoms with E-state index < -0.39 is 10.0 Å². The van der Waals surface area contributed by atoms with Crippen molar-refractivity contribution < 1.29 is 13.2 Å². The van der Waals surface area contributed by atoms with Gasteiger partial charge in [-0.2, -0.15) is 9.40 Å². The Hall–Kier alpha value is -2.98. The Morgan fingerprint density at radius 1 is 1.23 bits per heavy atom. The lowest BCUT2D eigenvalue weighted by atomic mass is 9.98.